The van der Waals surface area contributed by atoms with Crippen molar-refractivity contribution in [3.05, 3.63) is 29.8 Å². The largest absolute Gasteiger partial charge is 0.481 e. The number of amides is 2. The molecule has 3 rings (SSSR count). The SMILES string of the molecule is CC(CN(C)C(=O)C1CCCCC1C(=O)N1c2ccccc2CC1C)C(=O)O. The van der Waals surface area contributed by atoms with Crippen molar-refractivity contribution >= 4 is 23.5 Å². The van der Waals surface area contributed by atoms with Crippen LogP contribution in [0.1, 0.15) is 45.1 Å². The van der Waals surface area contributed by atoms with Crippen molar-refractivity contribution in [3.8, 4) is 0 Å². The molecule has 0 saturated heterocycles. The highest BCUT2D eigenvalue weighted by atomic mass is 16.4. The standard InChI is InChI=1S/C22H30N2O4/c1-14(22(27)28)13-23(3)20(25)17-9-5-6-10-18(17)21(26)24-15(2)12-16-8-4-7-11-19(16)24/h4,7-8,11,14-15,17-18H,5-6,9-10,12-13H2,1-3H3,(H,27,28). The maximum Gasteiger partial charge on any atom is 0.308 e. The van der Waals surface area contributed by atoms with E-state index in [-0.39, 0.29) is 36.2 Å². The fourth-order valence-electron chi connectivity index (χ4n) is 4.66. The summed E-state index contributed by atoms with van der Waals surface area (Å²) in [6, 6.07) is 8.07. The molecule has 1 heterocycles. The van der Waals surface area contributed by atoms with Crippen LogP contribution in [0.5, 0.6) is 0 Å². The Morgan fingerprint density at radius 2 is 1.82 bits per heavy atom. The second-order valence-corrected chi connectivity index (χ2v) is 8.35. The molecule has 1 aliphatic heterocycles. The van der Waals surface area contributed by atoms with Crippen LogP contribution in [0.25, 0.3) is 0 Å². The Morgan fingerprint density at radius 3 is 2.50 bits per heavy atom. The van der Waals surface area contributed by atoms with E-state index in [4.69, 9.17) is 5.11 Å². The molecule has 2 aliphatic rings. The molecule has 4 unspecified atom stereocenters. The summed E-state index contributed by atoms with van der Waals surface area (Å²) in [5, 5.41) is 9.13. The van der Waals surface area contributed by atoms with E-state index >= 15 is 0 Å². The minimum Gasteiger partial charge on any atom is -0.481 e. The number of hydrogen-bond acceptors (Lipinski definition) is 3. The monoisotopic (exact) mass is 386 g/mol. The molecule has 0 aromatic heterocycles. The Hall–Kier alpha value is -2.37. The Morgan fingerprint density at radius 1 is 1.18 bits per heavy atom. The third kappa shape index (κ3) is 3.91. The van der Waals surface area contributed by atoms with E-state index in [0.717, 1.165) is 24.9 Å². The number of benzene rings is 1. The smallest absolute Gasteiger partial charge is 0.308 e. The van der Waals surface area contributed by atoms with Gasteiger partial charge in [-0.25, -0.2) is 0 Å². The molecule has 1 aromatic carbocycles. The van der Waals surface area contributed by atoms with Crippen molar-refractivity contribution in [3.63, 3.8) is 0 Å². The van der Waals surface area contributed by atoms with E-state index in [1.165, 1.54) is 10.5 Å². The summed E-state index contributed by atoms with van der Waals surface area (Å²) in [4.78, 5) is 41.1. The second kappa shape index (κ2) is 8.33. The van der Waals surface area contributed by atoms with E-state index in [2.05, 4.69) is 13.0 Å². The Bertz CT molecular complexity index is 763. The first kappa shape index (κ1) is 20.4. The van der Waals surface area contributed by atoms with E-state index in [9.17, 15) is 14.4 Å². The summed E-state index contributed by atoms with van der Waals surface area (Å²) in [6.45, 7) is 3.81. The van der Waals surface area contributed by atoms with Crippen LogP contribution in [0.2, 0.25) is 0 Å². The van der Waals surface area contributed by atoms with Crippen molar-refractivity contribution in [2.24, 2.45) is 17.8 Å². The lowest BCUT2D eigenvalue weighted by atomic mass is 9.77. The molecule has 0 radical (unpaired) electrons. The summed E-state index contributed by atoms with van der Waals surface area (Å²) >= 11 is 0. The van der Waals surface area contributed by atoms with Crippen molar-refractivity contribution < 1.29 is 19.5 Å². The van der Waals surface area contributed by atoms with E-state index in [1.54, 1.807) is 14.0 Å². The molecule has 4 atom stereocenters. The van der Waals surface area contributed by atoms with Crippen molar-refractivity contribution in [2.45, 2.75) is 52.0 Å². The molecule has 6 heteroatoms. The molecule has 6 nitrogen and oxygen atoms in total. The van der Waals surface area contributed by atoms with Crippen LogP contribution in [-0.4, -0.2) is 47.4 Å². The number of rotatable bonds is 5. The van der Waals surface area contributed by atoms with Gasteiger partial charge < -0.3 is 14.9 Å². The Kier molecular flexibility index (Phi) is 6.06. The van der Waals surface area contributed by atoms with Gasteiger partial charge in [0.05, 0.1) is 11.8 Å². The zero-order valence-electron chi connectivity index (χ0n) is 16.9. The lowest BCUT2D eigenvalue weighted by Crippen LogP contribution is -2.48. The summed E-state index contributed by atoms with van der Waals surface area (Å²) in [5.74, 6) is -2.32. The molecular formula is C22H30N2O4. The lowest BCUT2D eigenvalue weighted by Gasteiger charge is -2.36. The second-order valence-electron chi connectivity index (χ2n) is 8.35. The number of anilines is 1. The molecule has 28 heavy (non-hydrogen) atoms. The number of para-hydroxylation sites is 1. The maximum atomic E-state index is 13.5. The fraction of sp³-hybridized carbons (Fsp3) is 0.591. The van der Waals surface area contributed by atoms with Crippen LogP contribution in [-0.2, 0) is 20.8 Å². The minimum atomic E-state index is -0.918. The molecular weight excluding hydrogens is 356 g/mol. The summed E-state index contributed by atoms with van der Waals surface area (Å²) in [6.07, 6.45) is 4.10. The molecule has 152 valence electrons. The minimum absolute atomic E-state index is 0.0372. The van der Waals surface area contributed by atoms with Gasteiger partial charge in [0.15, 0.2) is 0 Å². The first-order chi connectivity index (χ1) is 13.3. The zero-order valence-corrected chi connectivity index (χ0v) is 16.9. The van der Waals surface area contributed by atoms with E-state index in [0.29, 0.717) is 12.8 Å². The van der Waals surface area contributed by atoms with Gasteiger partial charge in [-0.2, -0.15) is 0 Å². The lowest BCUT2D eigenvalue weighted by molar-refractivity contribution is -0.146. The van der Waals surface area contributed by atoms with Gasteiger partial charge in [0.25, 0.3) is 0 Å². The summed E-state index contributed by atoms with van der Waals surface area (Å²) in [7, 11) is 1.64. The molecule has 1 fully saturated rings. The number of nitrogens with zero attached hydrogens (tertiary/aromatic N) is 2. The van der Waals surface area contributed by atoms with Crippen LogP contribution < -0.4 is 4.90 Å². The van der Waals surface area contributed by atoms with Gasteiger partial charge >= 0.3 is 5.97 Å². The highest BCUT2D eigenvalue weighted by Crippen LogP contribution is 2.38. The summed E-state index contributed by atoms with van der Waals surface area (Å²) in [5.41, 5.74) is 2.14. The average Bonchev–Trinajstić information content (AvgIpc) is 3.02. The average molecular weight is 386 g/mol. The zero-order chi connectivity index (χ0) is 20.4. The van der Waals surface area contributed by atoms with Crippen LogP contribution in [0.4, 0.5) is 5.69 Å². The maximum absolute atomic E-state index is 13.5. The van der Waals surface area contributed by atoms with Crippen LogP contribution in [0.15, 0.2) is 24.3 Å². The fourth-order valence-corrected chi connectivity index (χ4v) is 4.66. The van der Waals surface area contributed by atoms with Gasteiger partial charge in [-0.3, -0.25) is 14.4 Å². The van der Waals surface area contributed by atoms with E-state index in [1.807, 2.05) is 23.1 Å². The van der Waals surface area contributed by atoms with Crippen LogP contribution in [0.3, 0.4) is 0 Å². The Labute approximate surface area is 166 Å². The van der Waals surface area contributed by atoms with Gasteiger partial charge in [0.1, 0.15) is 0 Å². The normalized spacial score (nSPS) is 25.1. The molecule has 1 N–H and O–H groups in total. The predicted molar refractivity (Wildman–Crippen MR) is 107 cm³/mol. The number of hydrogen-bond donors (Lipinski definition) is 1. The Balaban J connectivity index is 1.79. The first-order valence-electron chi connectivity index (χ1n) is 10.2. The number of fused-ring (bicyclic) bond motifs is 1. The number of carbonyl (C=O) groups excluding carboxylic acids is 2. The van der Waals surface area contributed by atoms with Gasteiger partial charge in [-0.1, -0.05) is 38.0 Å². The highest BCUT2D eigenvalue weighted by molar-refractivity contribution is 6.00. The number of carbonyl (C=O) groups is 3. The van der Waals surface area contributed by atoms with Crippen LogP contribution in [0, 0.1) is 17.8 Å². The quantitative estimate of drug-likeness (QED) is 0.844. The number of carboxylic acids is 1. The summed E-state index contributed by atoms with van der Waals surface area (Å²) < 4.78 is 0. The molecule has 1 aliphatic carbocycles. The number of aliphatic carboxylic acids is 1. The highest BCUT2D eigenvalue weighted by Gasteiger charge is 2.42. The molecule has 1 saturated carbocycles. The number of carboxylic acid groups (broad SMARTS) is 1. The predicted octanol–water partition coefficient (Wildman–Crippen LogP) is 2.95. The van der Waals surface area contributed by atoms with Gasteiger partial charge in [-0.05, 0) is 37.8 Å². The van der Waals surface area contributed by atoms with Crippen molar-refractivity contribution in [2.75, 3.05) is 18.5 Å². The van der Waals surface area contributed by atoms with Crippen molar-refractivity contribution in [1.29, 1.82) is 0 Å². The van der Waals surface area contributed by atoms with Crippen LogP contribution >= 0.6 is 0 Å². The molecule has 2 amide bonds. The van der Waals surface area contributed by atoms with Crippen molar-refractivity contribution in [1.82, 2.24) is 4.90 Å². The van der Waals surface area contributed by atoms with E-state index < -0.39 is 11.9 Å². The van der Waals surface area contributed by atoms with Gasteiger partial charge in [0, 0.05) is 31.2 Å². The molecule has 1 aromatic rings. The molecule has 0 bridgehead atoms. The van der Waals surface area contributed by atoms with Gasteiger partial charge in [0.2, 0.25) is 11.8 Å². The third-order valence-electron chi connectivity index (χ3n) is 6.19. The van der Waals surface area contributed by atoms with Gasteiger partial charge in [-0.15, -0.1) is 0 Å². The first-order valence-corrected chi connectivity index (χ1v) is 10.2. The topological polar surface area (TPSA) is 77.9 Å². The molecule has 0 spiro atoms. The third-order valence-corrected chi connectivity index (χ3v) is 6.19.